The Morgan fingerprint density at radius 3 is 1.93 bits per heavy atom. The molecule has 2 N–H and O–H groups in total. The summed E-state index contributed by atoms with van der Waals surface area (Å²) in [6.07, 6.45) is 0. The fourth-order valence-electron chi connectivity index (χ4n) is 3.83. The van der Waals surface area contributed by atoms with Gasteiger partial charge in [0.2, 0.25) is 5.91 Å². The number of likely N-dealkylation sites (N-methyl/N-ethyl adjacent to an activating group) is 1. The molecule has 152 valence electrons. The van der Waals surface area contributed by atoms with Gasteiger partial charge in [-0.3, -0.25) is 19.3 Å². The highest BCUT2D eigenvalue weighted by Crippen LogP contribution is 2.27. The van der Waals surface area contributed by atoms with Gasteiger partial charge in [-0.2, -0.15) is 0 Å². The lowest BCUT2D eigenvalue weighted by Gasteiger charge is -2.29. The molecule has 2 atom stereocenters. The van der Waals surface area contributed by atoms with Crippen LogP contribution < -0.4 is 10.2 Å². The van der Waals surface area contributed by atoms with Gasteiger partial charge in [0, 0.05) is 5.56 Å². The first-order chi connectivity index (χ1) is 13.8. The Labute approximate surface area is 171 Å². The molecule has 0 spiro atoms. The molecule has 6 heteroatoms. The van der Waals surface area contributed by atoms with Gasteiger partial charge in [-0.15, -0.1) is 0 Å². The zero-order valence-electron chi connectivity index (χ0n) is 17.3. The SMILES string of the molecule is CC(C)[C@@H](C(=O)NC[C@H](c1ccccc1)[NH+](C)C)N1C(=O)c2ccccc2C1=O. The van der Waals surface area contributed by atoms with Crippen LogP contribution in [0.2, 0.25) is 0 Å². The Bertz CT molecular complexity index is 874. The molecule has 1 aliphatic heterocycles. The first-order valence-corrected chi connectivity index (χ1v) is 9.92. The lowest BCUT2D eigenvalue weighted by Crippen LogP contribution is -3.07. The van der Waals surface area contributed by atoms with Gasteiger partial charge >= 0.3 is 0 Å². The molecule has 0 unspecified atom stereocenters. The first kappa shape index (κ1) is 20.7. The summed E-state index contributed by atoms with van der Waals surface area (Å²) < 4.78 is 0. The predicted molar refractivity (Wildman–Crippen MR) is 111 cm³/mol. The van der Waals surface area contributed by atoms with Crippen LogP contribution in [0.15, 0.2) is 54.6 Å². The van der Waals surface area contributed by atoms with Crippen molar-refractivity contribution in [1.29, 1.82) is 0 Å². The van der Waals surface area contributed by atoms with Gasteiger partial charge in [0.1, 0.15) is 12.1 Å². The highest BCUT2D eigenvalue weighted by Gasteiger charge is 2.44. The Morgan fingerprint density at radius 2 is 1.45 bits per heavy atom. The normalized spacial score (nSPS) is 15.6. The van der Waals surface area contributed by atoms with Gasteiger partial charge in [-0.25, -0.2) is 0 Å². The van der Waals surface area contributed by atoms with E-state index in [4.69, 9.17) is 0 Å². The minimum absolute atomic E-state index is 0.0649. The minimum Gasteiger partial charge on any atom is -0.348 e. The van der Waals surface area contributed by atoms with Crippen LogP contribution in [0.5, 0.6) is 0 Å². The fraction of sp³-hybridized carbons (Fsp3) is 0.348. The van der Waals surface area contributed by atoms with E-state index in [1.165, 1.54) is 4.90 Å². The highest BCUT2D eigenvalue weighted by molar-refractivity contribution is 6.22. The molecule has 0 aromatic heterocycles. The number of fused-ring (bicyclic) bond motifs is 1. The molecule has 0 bridgehead atoms. The second kappa shape index (κ2) is 8.57. The molecule has 0 saturated heterocycles. The Balaban J connectivity index is 1.79. The van der Waals surface area contributed by atoms with Gasteiger partial charge in [0.25, 0.3) is 11.8 Å². The first-order valence-electron chi connectivity index (χ1n) is 9.92. The average molecular weight is 394 g/mol. The molecule has 2 aromatic carbocycles. The van der Waals surface area contributed by atoms with E-state index in [2.05, 4.69) is 5.32 Å². The predicted octanol–water partition coefficient (Wildman–Crippen LogP) is 1.31. The van der Waals surface area contributed by atoms with Gasteiger partial charge in [0.05, 0.1) is 31.8 Å². The maximum absolute atomic E-state index is 13.1. The third kappa shape index (κ3) is 4.07. The smallest absolute Gasteiger partial charge is 0.262 e. The second-order valence-electron chi connectivity index (χ2n) is 8.00. The average Bonchev–Trinajstić information content (AvgIpc) is 2.94. The van der Waals surface area contributed by atoms with Crippen molar-refractivity contribution in [2.45, 2.75) is 25.9 Å². The Hall–Kier alpha value is -2.99. The van der Waals surface area contributed by atoms with E-state index in [1.54, 1.807) is 24.3 Å². The van der Waals surface area contributed by atoms with Crippen LogP contribution in [0.1, 0.15) is 46.2 Å². The molecule has 2 aromatic rings. The van der Waals surface area contributed by atoms with Crippen molar-refractivity contribution in [3.05, 3.63) is 71.3 Å². The number of nitrogens with one attached hydrogen (secondary N) is 2. The Kier molecular flexibility index (Phi) is 6.13. The van der Waals surface area contributed by atoms with E-state index >= 15 is 0 Å². The molecule has 6 nitrogen and oxygen atoms in total. The third-order valence-electron chi connectivity index (χ3n) is 5.38. The van der Waals surface area contributed by atoms with Crippen LogP contribution in [0.3, 0.4) is 0 Å². The van der Waals surface area contributed by atoms with Gasteiger partial charge < -0.3 is 10.2 Å². The number of carbonyl (C=O) groups excluding carboxylic acids is 3. The highest BCUT2D eigenvalue weighted by atomic mass is 16.2. The van der Waals surface area contributed by atoms with E-state index < -0.39 is 17.9 Å². The Morgan fingerprint density at radius 1 is 0.931 bits per heavy atom. The van der Waals surface area contributed by atoms with Crippen molar-refractivity contribution in [3.8, 4) is 0 Å². The maximum Gasteiger partial charge on any atom is 0.262 e. The number of benzene rings is 2. The quantitative estimate of drug-likeness (QED) is 0.696. The molecular weight excluding hydrogens is 366 g/mol. The summed E-state index contributed by atoms with van der Waals surface area (Å²) in [6.45, 7) is 4.11. The molecule has 0 radical (unpaired) electrons. The zero-order chi connectivity index (χ0) is 21.1. The van der Waals surface area contributed by atoms with Crippen LogP contribution in [-0.2, 0) is 4.79 Å². The molecule has 29 heavy (non-hydrogen) atoms. The number of carbonyl (C=O) groups is 3. The van der Waals surface area contributed by atoms with Crippen molar-refractivity contribution >= 4 is 17.7 Å². The monoisotopic (exact) mass is 394 g/mol. The van der Waals surface area contributed by atoms with E-state index in [0.29, 0.717) is 17.7 Å². The van der Waals surface area contributed by atoms with Crippen molar-refractivity contribution < 1.29 is 19.3 Å². The minimum atomic E-state index is -0.851. The number of quaternary nitrogens is 1. The molecule has 0 fully saturated rings. The number of amides is 3. The molecular formula is C23H28N3O3+. The van der Waals surface area contributed by atoms with Crippen molar-refractivity contribution in [3.63, 3.8) is 0 Å². The molecule has 0 saturated carbocycles. The number of nitrogens with zero attached hydrogens (tertiary/aromatic N) is 1. The van der Waals surface area contributed by atoms with Crippen LogP contribution >= 0.6 is 0 Å². The lowest BCUT2D eigenvalue weighted by atomic mass is 10.0. The van der Waals surface area contributed by atoms with Crippen molar-refractivity contribution in [2.75, 3.05) is 20.6 Å². The summed E-state index contributed by atoms with van der Waals surface area (Å²) in [6, 6.07) is 15.9. The third-order valence-corrected chi connectivity index (χ3v) is 5.38. The van der Waals surface area contributed by atoms with E-state index in [-0.39, 0.29) is 17.9 Å². The van der Waals surface area contributed by atoms with Crippen molar-refractivity contribution in [2.24, 2.45) is 5.92 Å². The van der Waals surface area contributed by atoms with Gasteiger partial charge in [-0.05, 0) is 18.1 Å². The summed E-state index contributed by atoms with van der Waals surface area (Å²) in [7, 11) is 4.07. The van der Waals surface area contributed by atoms with Gasteiger partial charge in [-0.1, -0.05) is 56.3 Å². The van der Waals surface area contributed by atoms with Crippen LogP contribution in [0.25, 0.3) is 0 Å². The van der Waals surface area contributed by atoms with Crippen LogP contribution in [-0.4, -0.2) is 49.3 Å². The summed E-state index contributed by atoms with van der Waals surface area (Å²) in [5.74, 6) is -1.33. The largest absolute Gasteiger partial charge is 0.348 e. The molecule has 1 aliphatic rings. The number of hydrogen-bond acceptors (Lipinski definition) is 3. The van der Waals surface area contributed by atoms with E-state index in [0.717, 1.165) is 10.5 Å². The lowest BCUT2D eigenvalue weighted by molar-refractivity contribution is -0.890. The standard InChI is InChI=1S/C23H27N3O3/c1-15(2)20(26-22(28)17-12-8-9-13-18(17)23(26)29)21(27)24-14-19(25(3)4)16-10-6-5-7-11-16/h5-13,15,19-20H,14H2,1-4H3,(H,24,27)/p+1/t19-,20+/m1/s1. The number of hydrogen-bond donors (Lipinski definition) is 2. The van der Waals surface area contributed by atoms with Crippen LogP contribution in [0.4, 0.5) is 0 Å². The fourth-order valence-corrected chi connectivity index (χ4v) is 3.83. The second-order valence-corrected chi connectivity index (χ2v) is 8.00. The zero-order valence-corrected chi connectivity index (χ0v) is 17.3. The van der Waals surface area contributed by atoms with E-state index in [9.17, 15) is 14.4 Å². The van der Waals surface area contributed by atoms with E-state index in [1.807, 2.05) is 58.3 Å². The molecule has 1 heterocycles. The summed E-state index contributed by atoms with van der Waals surface area (Å²) in [5, 5.41) is 2.98. The summed E-state index contributed by atoms with van der Waals surface area (Å²) in [4.78, 5) is 41.1. The summed E-state index contributed by atoms with van der Waals surface area (Å²) in [5.41, 5.74) is 1.83. The maximum atomic E-state index is 13.1. The number of imide groups is 1. The molecule has 3 amide bonds. The number of rotatable bonds is 7. The van der Waals surface area contributed by atoms with Gasteiger partial charge in [0.15, 0.2) is 0 Å². The molecule has 0 aliphatic carbocycles. The van der Waals surface area contributed by atoms with Crippen LogP contribution in [0, 0.1) is 5.92 Å². The molecule has 3 rings (SSSR count). The topological polar surface area (TPSA) is 70.9 Å². The van der Waals surface area contributed by atoms with Crippen molar-refractivity contribution in [1.82, 2.24) is 10.2 Å². The summed E-state index contributed by atoms with van der Waals surface area (Å²) >= 11 is 0.